The van der Waals surface area contributed by atoms with Gasteiger partial charge in [0.2, 0.25) is 0 Å². The summed E-state index contributed by atoms with van der Waals surface area (Å²) in [5.74, 6) is -3.84. The minimum absolute atomic E-state index is 0.0264. The highest BCUT2D eigenvalue weighted by atomic mass is 19.3. The zero-order valence-electron chi connectivity index (χ0n) is 10.9. The zero-order valence-corrected chi connectivity index (χ0v) is 10.9. The van der Waals surface area contributed by atoms with Gasteiger partial charge in [-0.05, 0) is 33.1 Å². The fraction of sp³-hybridized carbons (Fsp3) is 0.692. The molecule has 0 saturated heterocycles. The summed E-state index contributed by atoms with van der Waals surface area (Å²) < 4.78 is 29.9. The van der Waals surface area contributed by atoms with Gasteiger partial charge in [0, 0.05) is 18.4 Å². The van der Waals surface area contributed by atoms with Crippen LogP contribution in [-0.2, 0) is 11.5 Å². The van der Waals surface area contributed by atoms with E-state index in [1.165, 1.54) is 11.6 Å². The first kappa shape index (κ1) is 11.8. The number of alkyl halides is 2. The number of hydrogen-bond acceptors (Lipinski definition) is 2. The van der Waals surface area contributed by atoms with Crippen LogP contribution < -0.4 is 0 Å². The van der Waals surface area contributed by atoms with Gasteiger partial charge in [0.1, 0.15) is 11.4 Å². The van der Waals surface area contributed by atoms with Gasteiger partial charge in [-0.25, -0.2) is 0 Å². The molecule has 0 unspecified atom stereocenters. The molecule has 0 radical (unpaired) electrons. The third-order valence-corrected chi connectivity index (χ3v) is 3.83. The molecule has 0 aromatic carbocycles. The first-order chi connectivity index (χ1) is 8.15. The lowest BCUT2D eigenvalue weighted by Crippen LogP contribution is -2.30. The smallest absolute Gasteiger partial charge is 0.293 e. The average Bonchev–Trinajstić information content (AvgIpc) is 2.82. The molecule has 3 rings (SSSR count). The van der Waals surface area contributed by atoms with Crippen LogP contribution in [0.3, 0.4) is 0 Å². The number of ketones is 1. The fourth-order valence-electron chi connectivity index (χ4n) is 2.94. The molecule has 18 heavy (non-hydrogen) atoms. The first-order valence-corrected chi connectivity index (χ1v) is 6.18. The average molecular weight is 254 g/mol. The highest BCUT2D eigenvalue weighted by molar-refractivity contribution is 5.94. The lowest BCUT2D eigenvalue weighted by Gasteiger charge is -2.25. The summed E-state index contributed by atoms with van der Waals surface area (Å²) in [5, 5.41) is 4.16. The molecule has 0 spiro atoms. The molecule has 1 saturated carbocycles. The van der Waals surface area contributed by atoms with Crippen LogP contribution in [0.15, 0.2) is 0 Å². The first-order valence-electron chi connectivity index (χ1n) is 6.18. The van der Waals surface area contributed by atoms with Crippen molar-refractivity contribution in [1.82, 2.24) is 9.78 Å². The minimum atomic E-state index is -2.84. The maximum atomic E-state index is 14.3. The van der Waals surface area contributed by atoms with E-state index in [1.807, 2.05) is 20.8 Å². The number of hydrogen-bond donors (Lipinski definition) is 0. The Balaban J connectivity index is 2.29. The van der Waals surface area contributed by atoms with Gasteiger partial charge in [0.25, 0.3) is 5.92 Å². The second kappa shape index (κ2) is 3.00. The van der Waals surface area contributed by atoms with Crippen molar-refractivity contribution >= 4 is 5.78 Å². The van der Waals surface area contributed by atoms with E-state index in [-0.39, 0.29) is 23.1 Å². The van der Waals surface area contributed by atoms with Gasteiger partial charge in [0.05, 0.1) is 5.54 Å². The van der Waals surface area contributed by atoms with Gasteiger partial charge in [0.15, 0.2) is 5.78 Å². The van der Waals surface area contributed by atoms with E-state index in [2.05, 4.69) is 5.10 Å². The molecule has 0 aliphatic heterocycles. The quantitative estimate of drug-likeness (QED) is 0.722. The fourth-order valence-corrected chi connectivity index (χ4v) is 2.94. The molecule has 1 aromatic rings. The predicted octanol–water partition coefficient (Wildman–Crippen LogP) is 3.05. The summed E-state index contributed by atoms with van der Waals surface area (Å²) in [6, 6.07) is 0. The maximum absolute atomic E-state index is 14.3. The highest BCUT2D eigenvalue weighted by Crippen LogP contribution is 2.67. The van der Waals surface area contributed by atoms with Gasteiger partial charge >= 0.3 is 0 Å². The van der Waals surface area contributed by atoms with Crippen molar-refractivity contribution in [2.24, 2.45) is 5.92 Å². The van der Waals surface area contributed by atoms with E-state index < -0.39 is 17.4 Å². The van der Waals surface area contributed by atoms with Gasteiger partial charge in [-0.2, -0.15) is 13.9 Å². The number of aromatic nitrogens is 2. The topological polar surface area (TPSA) is 34.9 Å². The van der Waals surface area contributed by atoms with Crippen molar-refractivity contribution in [2.45, 2.75) is 51.5 Å². The van der Waals surface area contributed by atoms with Crippen LogP contribution >= 0.6 is 0 Å². The number of carbonyl (C=O) groups excluding carboxylic acids is 1. The van der Waals surface area contributed by atoms with Gasteiger partial charge in [-0.3, -0.25) is 9.48 Å². The Hall–Kier alpha value is -1.26. The normalized spacial score (nSPS) is 27.9. The van der Waals surface area contributed by atoms with Crippen LogP contribution in [-0.4, -0.2) is 15.6 Å². The van der Waals surface area contributed by atoms with Gasteiger partial charge in [-0.15, -0.1) is 0 Å². The van der Waals surface area contributed by atoms with E-state index in [1.54, 1.807) is 0 Å². The molecule has 5 heteroatoms. The van der Waals surface area contributed by atoms with E-state index in [0.29, 0.717) is 12.0 Å². The summed E-state index contributed by atoms with van der Waals surface area (Å²) in [5.41, 5.74) is 0.177. The molecular weight excluding hydrogens is 238 g/mol. The lowest BCUT2D eigenvalue weighted by molar-refractivity contribution is -0.0342. The Morgan fingerprint density at radius 2 is 2.06 bits per heavy atom. The number of fused-ring (bicyclic) bond motifs is 3. The Labute approximate surface area is 104 Å². The third kappa shape index (κ3) is 1.27. The number of halogens is 2. The SMILES string of the molecule is CC(=O)c1nn(C(C)(C)C)c2c1[C@H]1C[C@H]1C2(F)F. The number of carbonyl (C=O) groups is 1. The third-order valence-electron chi connectivity index (χ3n) is 3.83. The molecule has 2 aliphatic rings. The maximum Gasteiger partial charge on any atom is 0.293 e. The molecule has 1 heterocycles. The summed E-state index contributed by atoms with van der Waals surface area (Å²) in [4.78, 5) is 11.6. The number of rotatable bonds is 1. The van der Waals surface area contributed by atoms with Crippen molar-refractivity contribution in [2.75, 3.05) is 0 Å². The Morgan fingerprint density at radius 1 is 1.44 bits per heavy atom. The number of nitrogens with zero attached hydrogens (tertiary/aromatic N) is 2. The van der Waals surface area contributed by atoms with E-state index >= 15 is 0 Å². The van der Waals surface area contributed by atoms with E-state index in [0.717, 1.165) is 0 Å². The van der Waals surface area contributed by atoms with Gasteiger partial charge in [-0.1, -0.05) is 0 Å². The Morgan fingerprint density at radius 3 is 2.56 bits per heavy atom. The molecule has 98 valence electrons. The molecule has 2 atom stereocenters. The standard InChI is InChI=1S/C13H16F2N2O/c1-6(18)10-9-7-5-8(7)13(14,15)11(9)17(16-10)12(2,3)4/h7-8H,5H2,1-4H3/t7-,8+/m0/s1. The molecule has 0 N–H and O–H groups in total. The Bertz CT molecular complexity index is 554. The van der Waals surface area contributed by atoms with Crippen LogP contribution in [0.5, 0.6) is 0 Å². The van der Waals surface area contributed by atoms with Crippen LogP contribution in [0.2, 0.25) is 0 Å². The summed E-state index contributed by atoms with van der Waals surface area (Å²) in [7, 11) is 0. The zero-order chi connectivity index (χ0) is 13.5. The summed E-state index contributed by atoms with van der Waals surface area (Å²) in [6.45, 7) is 6.86. The van der Waals surface area contributed by atoms with Gasteiger partial charge < -0.3 is 0 Å². The molecular formula is C13H16F2N2O. The van der Waals surface area contributed by atoms with Crippen molar-refractivity contribution in [3.05, 3.63) is 17.0 Å². The molecule has 2 aliphatic carbocycles. The molecule has 0 amide bonds. The summed E-state index contributed by atoms with van der Waals surface area (Å²) in [6.07, 6.45) is 0.482. The van der Waals surface area contributed by atoms with Crippen LogP contribution in [0.25, 0.3) is 0 Å². The Kier molecular flexibility index (Phi) is 1.97. The molecule has 0 bridgehead atoms. The van der Waals surface area contributed by atoms with Crippen molar-refractivity contribution < 1.29 is 13.6 Å². The van der Waals surface area contributed by atoms with E-state index in [4.69, 9.17) is 0 Å². The highest BCUT2D eigenvalue weighted by Gasteiger charge is 2.67. The van der Waals surface area contributed by atoms with Crippen molar-refractivity contribution in [1.29, 1.82) is 0 Å². The molecule has 1 aromatic heterocycles. The minimum Gasteiger partial charge on any atom is -0.293 e. The second-order valence-corrected chi connectivity index (χ2v) is 6.32. The molecule has 1 fully saturated rings. The van der Waals surface area contributed by atoms with Crippen molar-refractivity contribution in [3.8, 4) is 0 Å². The van der Waals surface area contributed by atoms with Crippen LogP contribution in [0.1, 0.15) is 61.8 Å². The predicted molar refractivity (Wildman–Crippen MR) is 62.0 cm³/mol. The van der Waals surface area contributed by atoms with Crippen LogP contribution in [0, 0.1) is 5.92 Å². The summed E-state index contributed by atoms with van der Waals surface area (Å²) >= 11 is 0. The van der Waals surface area contributed by atoms with E-state index in [9.17, 15) is 13.6 Å². The van der Waals surface area contributed by atoms with Crippen LogP contribution in [0.4, 0.5) is 8.78 Å². The lowest BCUT2D eigenvalue weighted by atomic mass is 10.0. The number of Topliss-reactive ketones (excluding diaryl/α,β-unsaturated/α-hetero) is 1. The van der Waals surface area contributed by atoms with Crippen molar-refractivity contribution in [3.63, 3.8) is 0 Å². The molecule has 3 nitrogen and oxygen atoms in total. The largest absolute Gasteiger partial charge is 0.293 e. The second-order valence-electron chi connectivity index (χ2n) is 6.32. The monoisotopic (exact) mass is 254 g/mol.